The van der Waals surface area contributed by atoms with E-state index in [0.717, 1.165) is 63.8 Å². The molecule has 2 atom stereocenters. The van der Waals surface area contributed by atoms with Crippen LogP contribution in [0.1, 0.15) is 28.7 Å². The van der Waals surface area contributed by atoms with Gasteiger partial charge < -0.3 is 14.5 Å². The first kappa shape index (κ1) is 23.8. The summed E-state index contributed by atoms with van der Waals surface area (Å²) in [5, 5.41) is 0.569. The van der Waals surface area contributed by atoms with Crippen molar-refractivity contribution in [1.29, 1.82) is 0 Å². The molecule has 0 saturated carbocycles. The Morgan fingerprint density at radius 2 is 1.76 bits per heavy atom. The monoisotopic (exact) mass is 497 g/mol. The van der Waals surface area contributed by atoms with E-state index in [-0.39, 0.29) is 18.2 Å². The van der Waals surface area contributed by atoms with Gasteiger partial charge in [-0.1, -0.05) is 42.5 Å². The van der Waals surface area contributed by atoms with E-state index >= 15 is 0 Å². The highest BCUT2D eigenvalue weighted by Gasteiger charge is 2.38. The Kier molecular flexibility index (Phi) is 6.94. The number of nitrogens with zero attached hydrogens (tertiary/aromatic N) is 4. The summed E-state index contributed by atoms with van der Waals surface area (Å²) in [5.41, 5.74) is 3.87. The molecule has 2 unspecified atom stereocenters. The Hall–Kier alpha value is -3.59. The van der Waals surface area contributed by atoms with Crippen molar-refractivity contribution < 1.29 is 9.47 Å². The summed E-state index contributed by atoms with van der Waals surface area (Å²) in [5.74, 6) is 1.24. The van der Waals surface area contributed by atoms with Crippen LogP contribution in [0, 0.1) is 0 Å². The lowest BCUT2D eigenvalue weighted by Gasteiger charge is -2.26. The lowest BCUT2D eigenvalue weighted by atomic mass is 10.1. The van der Waals surface area contributed by atoms with Gasteiger partial charge in [-0.3, -0.25) is 19.6 Å². The van der Waals surface area contributed by atoms with Crippen LogP contribution < -0.4 is 10.3 Å². The molecule has 37 heavy (non-hydrogen) atoms. The van der Waals surface area contributed by atoms with Gasteiger partial charge in [-0.25, -0.2) is 4.98 Å². The van der Waals surface area contributed by atoms with Crippen molar-refractivity contribution in [2.45, 2.75) is 19.1 Å². The molecule has 4 aromatic rings. The second-order valence-corrected chi connectivity index (χ2v) is 9.66. The minimum Gasteiger partial charge on any atom is -0.486 e. The van der Waals surface area contributed by atoms with E-state index in [1.807, 2.05) is 18.2 Å². The lowest BCUT2D eigenvalue weighted by Crippen LogP contribution is -2.39. The number of benzene rings is 2. The molecular weight excluding hydrogens is 466 g/mol. The number of fused-ring (bicyclic) bond motifs is 1. The van der Waals surface area contributed by atoms with Gasteiger partial charge in [-0.05, 0) is 35.7 Å². The third kappa shape index (κ3) is 5.72. The highest BCUT2D eigenvalue weighted by molar-refractivity contribution is 5.80. The molecule has 0 spiro atoms. The number of H-pyrrole nitrogens is 1. The van der Waals surface area contributed by atoms with E-state index in [9.17, 15) is 4.79 Å². The summed E-state index contributed by atoms with van der Waals surface area (Å²) in [6, 6.07) is 20.4. The smallest absolute Gasteiger partial charge is 0.258 e. The Bertz CT molecular complexity index is 1400. The zero-order chi connectivity index (χ0) is 25.0. The fourth-order valence-corrected chi connectivity index (χ4v) is 4.91. The van der Waals surface area contributed by atoms with E-state index in [4.69, 9.17) is 14.5 Å². The lowest BCUT2D eigenvalue weighted by molar-refractivity contribution is 0.0366. The molecule has 0 bridgehead atoms. The van der Waals surface area contributed by atoms with Crippen molar-refractivity contribution in [3.8, 4) is 5.75 Å². The van der Waals surface area contributed by atoms with E-state index in [1.165, 1.54) is 11.1 Å². The normalized spacial score (nSPS) is 19.7. The van der Waals surface area contributed by atoms with Gasteiger partial charge in [0.25, 0.3) is 5.56 Å². The molecule has 2 fully saturated rings. The van der Waals surface area contributed by atoms with Crippen molar-refractivity contribution in [2.24, 2.45) is 0 Å². The number of ether oxygens (including phenoxy) is 2. The second kappa shape index (κ2) is 10.8. The molecule has 8 nitrogen and oxygen atoms in total. The first-order chi connectivity index (χ1) is 18.2. The molecule has 0 amide bonds. The van der Waals surface area contributed by atoms with Gasteiger partial charge in [0.15, 0.2) is 0 Å². The Labute approximate surface area is 215 Å². The molecule has 2 aliphatic rings. The van der Waals surface area contributed by atoms with Gasteiger partial charge in [0.2, 0.25) is 0 Å². The Morgan fingerprint density at radius 1 is 0.973 bits per heavy atom. The zero-order valence-corrected chi connectivity index (χ0v) is 20.8. The number of nitrogens with one attached hydrogen (secondary N) is 1. The molecule has 0 aliphatic carbocycles. The predicted octanol–water partition coefficient (Wildman–Crippen LogP) is 3.18. The molecule has 2 saturated heterocycles. The van der Waals surface area contributed by atoms with Crippen molar-refractivity contribution in [3.63, 3.8) is 0 Å². The van der Waals surface area contributed by atoms with Gasteiger partial charge >= 0.3 is 0 Å². The van der Waals surface area contributed by atoms with Crippen LogP contribution in [0.15, 0.2) is 71.7 Å². The van der Waals surface area contributed by atoms with Crippen molar-refractivity contribution >= 4 is 10.9 Å². The summed E-state index contributed by atoms with van der Waals surface area (Å²) in [7, 11) is 0. The van der Waals surface area contributed by atoms with Crippen LogP contribution in [-0.2, 0) is 17.8 Å². The highest BCUT2D eigenvalue weighted by Crippen LogP contribution is 2.35. The molecule has 2 aromatic heterocycles. The predicted molar refractivity (Wildman–Crippen MR) is 142 cm³/mol. The fraction of sp³-hybridized carbons (Fsp3) is 0.345. The van der Waals surface area contributed by atoms with E-state index in [0.29, 0.717) is 16.7 Å². The molecule has 2 aromatic carbocycles. The number of aromatic amines is 1. The largest absolute Gasteiger partial charge is 0.486 e. The maximum absolute atomic E-state index is 12.8. The van der Waals surface area contributed by atoms with Crippen LogP contribution in [0.5, 0.6) is 5.75 Å². The highest BCUT2D eigenvalue weighted by atomic mass is 16.5. The third-order valence-corrected chi connectivity index (χ3v) is 7.09. The number of morpholine rings is 1. The molecular formula is C29H31N5O3. The molecule has 1 N–H and O–H groups in total. The average Bonchev–Trinajstić information content (AvgIpc) is 3.72. The maximum Gasteiger partial charge on any atom is 0.258 e. The Balaban J connectivity index is 1.11. The van der Waals surface area contributed by atoms with Crippen LogP contribution in [0.25, 0.3) is 10.9 Å². The summed E-state index contributed by atoms with van der Waals surface area (Å²) < 4.78 is 11.4. The minimum absolute atomic E-state index is 0.161. The second-order valence-electron chi connectivity index (χ2n) is 9.66. The zero-order valence-electron chi connectivity index (χ0n) is 20.8. The summed E-state index contributed by atoms with van der Waals surface area (Å²) >= 11 is 0. The van der Waals surface area contributed by atoms with Crippen LogP contribution in [0.3, 0.4) is 0 Å². The van der Waals surface area contributed by atoms with Crippen LogP contribution >= 0.6 is 0 Å². The molecule has 2 aliphatic heterocycles. The quantitative estimate of drug-likeness (QED) is 0.356. The summed E-state index contributed by atoms with van der Waals surface area (Å²) in [6.45, 7) is 6.70. The molecule has 0 radical (unpaired) electrons. The number of hydrogen-bond donors (Lipinski definition) is 1. The molecule has 6 rings (SSSR count). The number of rotatable bonds is 9. The van der Waals surface area contributed by atoms with Crippen molar-refractivity contribution in [2.75, 3.05) is 45.9 Å². The van der Waals surface area contributed by atoms with E-state index < -0.39 is 0 Å². The first-order valence-electron chi connectivity index (χ1n) is 12.9. The molecule has 8 heteroatoms. The van der Waals surface area contributed by atoms with Gasteiger partial charge in [-0.15, -0.1) is 0 Å². The number of aromatic nitrogens is 3. The maximum atomic E-state index is 12.8. The van der Waals surface area contributed by atoms with Gasteiger partial charge in [-0.2, -0.15) is 0 Å². The molecule has 4 heterocycles. The summed E-state index contributed by atoms with van der Waals surface area (Å²) in [4.78, 5) is 29.9. The SMILES string of the molecule is O=c1[nH]c(COc2ccc(Cc3ccccc3)cc2)nc2c(C3CN3CCN3CCOCC3)nccc12. The van der Waals surface area contributed by atoms with Crippen LogP contribution in [0.2, 0.25) is 0 Å². The van der Waals surface area contributed by atoms with Crippen LogP contribution in [0.4, 0.5) is 0 Å². The fourth-order valence-electron chi connectivity index (χ4n) is 4.91. The van der Waals surface area contributed by atoms with Gasteiger partial charge in [0.05, 0.1) is 30.3 Å². The van der Waals surface area contributed by atoms with Gasteiger partial charge in [0.1, 0.15) is 23.7 Å². The third-order valence-electron chi connectivity index (χ3n) is 7.09. The van der Waals surface area contributed by atoms with E-state index in [1.54, 1.807) is 12.3 Å². The topological polar surface area (TPSA) is 83.4 Å². The number of hydrogen-bond acceptors (Lipinski definition) is 7. The van der Waals surface area contributed by atoms with Crippen molar-refractivity contribution in [1.82, 2.24) is 24.8 Å². The molecule has 190 valence electrons. The van der Waals surface area contributed by atoms with E-state index in [2.05, 4.69) is 56.2 Å². The van der Waals surface area contributed by atoms with Crippen molar-refractivity contribution in [3.05, 3.63) is 99.9 Å². The Morgan fingerprint density at radius 3 is 2.57 bits per heavy atom. The average molecular weight is 498 g/mol. The standard InChI is InChI=1S/C29H31N5O3/c35-29-24-10-11-30-28(25-19-34(25)13-12-33-14-16-36-17-15-33)27(24)31-26(32-29)20-37-23-8-6-22(7-9-23)18-21-4-2-1-3-5-21/h1-11,25H,12-20H2,(H,31,32,35). The van der Waals surface area contributed by atoms with Gasteiger partial charge in [0, 0.05) is 38.9 Å². The summed E-state index contributed by atoms with van der Waals surface area (Å²) in [6.07, 6.45) is 2.58. The van der Waals surface area contributed by atoms with Crippen LogP contribution in [-0.4, -0.2) is 70.7 Å². The number of pyridine rings is 1. The minimum atomic E-state index is -0.161. The first-order valence-corrected chi connectivity index (χ1v) is 12.9.